The summed E-state index contributed by atoms with van der Waals surface area (Å²) in [7, 11) is 0. The zero-order valence-corrected chi connectivity index (χ0v) is 33.9. The molecule has 6 rings (SSSR count). The molecule has 0 aliphatic carbocycles. The summed E-state index contributed by atoms with van der Waals surface area (Å²) in [4.78, 5) is 25.5. The van der Waals surface area contributed by atoms with Gasteiger partial charge < -0.3 is 52.5 Å². The van der Waals surface area contributed by atoms with Crippen molar-refractivity contribution in [2.45, 2.75) is 102 Å². The summed E-state index contributed by atoms with van der Waals surface area (Å²) in [6, 6.07) is 38.3. The van der Waals surface area contributed by atoms with Crippen LogP contribution in [0.2, 0.25) is 0 Å². The first kappa shape index (κ1) is 44.7. The van der Waals surface area contributed by atoms with Gasteiger partial charge in [0.25, 0.3) is 0 Å². The molecule has 0 saturated carbocycles. The Bertz CT molecular complexity index is 1870. The number of rotatable bonds is 21. The van der Waals surface area contributed by atoms with E-state index in [0.29, 0.717) is 0 Å². The van der Waals surface area contributed by atoms with E-state index in [4.69, 9.17) is 47.4 Å². The predicted molar refractivity (Wildman–Crippen MR) is 218 cm³/mol. The first-order valence-corrected chi connectivity index (χ1v) is 20.0. The van der Waals surface area contributed by atoms with E-state index in [-0.39, 0.29) is 46.2 Å². The van der Waals surface area contributed by atoms with E-state index < -0.39 is 73.4 Å². The highest BCUT2D eigenvalue weighted by atomic mass is 16.8. The number of aliphatic hydroxyl groups is 1. The van der Waals surface area contributed by atoms with E-state index in [2.05, 4.69) is 6.58 Å². The summed E-state index contributed by atoms with van der Waals surface area (Å²) in [5.74, 6) is -1.34. The molecule has 2 fully saturated rings. The maximum Gasteiger partial charge on any atom is 0.303 e. The molecule has 0 radical (unpaired) electrons. The van der Waals surface area contributed by atoms with Crippen molar-refractivity contribution in [1.82, 2.24) is 0 Å². The highest BCUT2D eigenvalue weighted by Crippen LogP contribution is 2.35. The van der Waals surface area contributed by atoms with Crippen LogP contribution in [0.5, 0.6) is 0 Å². The summed E-state index contributed by atoms with van der Waals surface area (Å²) in [6.45, 7) is 7.16. The lowest BCUT2D eigenvalue weighted by Gasteiger charge is -2.49. The van der Waals surface area contributed by atoms with Crippen molar-refractivity contribution in [3.63, 3.8) is 0 Å². The molecule has 60 heavy (non-hydrogen) atoms. The van der Waals surface area contributed by atoms with Gasteiger partial charge in [0.1, 0.15) is 36.6 Å². The Hall–Kier alpha value is -4.80. The Labute approximate surface area is 351 Å². The van der Waals surface area contributed by atoms with Crippen molar-refractivity contribution in [1.29, 1.82) is 0 Å². The molecular formula is C47H54O13. The van der Waals surface area contributed by atoms with Crippen LogP contribution in [0.25, 0.3) is 0 Å². The molecule has 2 heterocycles. The second kappa shape index (κ2) is 23.3. The molecule has 0 amide bonds. The van der Waals surface area contributed by atoms with E-state index in [1.165, 1.54) is 13.8 Å². The predicted octanol–water partition coefficient (Wildman–Crippen LogP) is 5.85. The highest BCUT2D eigenvalue weighted by Gasteiger charge is 2.55. The van der Waals surface area contributed by atoms with E-state index >= 15 is 0 Å². The molecule has 10 atom stereocenters. The largest absolute Gasteiger partial charge is 0.454 e. The maximum atomic E-state index is 12.9. The Morgan fingerprint density at radius 3 is 1.42 bits per heavy atom. The molecule has 1 N–H and O–H groups in total. The smallest absolute Gasteiger partial charge is 0.303 e. The molecule has 2 saturated heterocycles. The van der Waals surface area contributed by atoms with Gasteiger partial charge in [-0.25, -0.2) is 0 Å². The fourth-order valence-electron chi connectivity index (χ4n) is 7.13. The van der Waals surface area contributed by atoms with Gasteiger partial charge in [-0.2, -0.15) is 0 Å². The quantitative estimate of drug-likeness (QED) is 0.0793. The molecule has 4 aromatic rings. The van der Waals surface area contributed by atoms with Crippen LogP contribution in [0, 0.1) is 0 Å². The average Bonchev–Trinajstić information content (AvgIpc) is 3.25. The number of benzene rings is 4. The molecule has 320 valence electrons. The van der Waals surface area contributed by atoms with E-state index in [9.17, 15) is 14.7 Å². The number of carbonyl (C=O) groups is 2. The first-order valence-electron chi connectivity index (χ1n) is 20.0. The van der Waals surface area contributed by atoms with Gasteiger partial charge in [-0.05, 0) is 22.3 Å². The van der Waals surface area contributed by atoms with Crippen LogP contribution in [-0.2, 0) is 83.4 Å². The van der Waals surface area contributed by atoms with Crippen molar-refractivity contribution in [2.75, 3.05) is 19.8 Å². The summed E-state index contributed by atoms with van der Waals surface area (Å²) >= 11 is 0. The minimum absolute atomic E-state index is 0.0165. The van der Waals surface area contributed by atoms with Crippen molar-refractivity contribution in [2.24, 2.45) is 0 Å². The summed E-state index contributed by atoms with van der Waals surface area (Å²) in [5.41, 5.74) is 3.61. The van der Waals surface area contributed by atoms with Gasteiger partial charge in [0.15, 0.2) is 24.8 Å². The lowest BCUT2D eigenvalue weighted by molar-refractivity contribution is -0.366. The monoisotopic (exact) mass is 826 g/mol. The number of aliphatic hydroxyl groups excluding tert-OH is 1. The first-order chi connectivity index (χ1) is 29.3. The molecule has 4 aromatic carbocycles. The van der Waals surface area contributed by atoms with Gasteiger partial charge in [0.05, 0.1) is 46.2 Å². The van der Waals surface area contributed by atoms with E-state index in [1.54, 1.807) is 6.08 Å². The van der Waals surface area contributed by atoms with Gasteiger partial charge in [-0.15, -0.1) is 6.58 Å². The Balaban J connectivity index is 1.34. The van der Waals surface area contributed by atoms with Crippen molar-refractivity contribution in [3.05, 3.63) is 156 Å². The maximum absolute atomic E-state index is 12.9. The average molecular weight is 827 g/mol. The summed E-state index contributed by atoms with van der Waals surface area (Å²) < 4.78 is 63.1. The van der Waals surface area contributed by atoms with Crippen molar-refractivity contribution < 1.29 is 62.1 Å². The van der Waals surface area contributed by atoms with Crippen LogP contribution in [-0.4, -0.2) is 98.3 Å². The van der Waals surface area contributed by atoms with Crippen LogP contribution in [0.15, 0.2) is 134 Å². The lowest BCUT2D eigenvalue weighted by Crippen LogP contribution is -2.66. The molecule has 13 nitrogen and oxygen atoms in total. The van der Waals surface area contributed by atoms with Crippen LogP contribution >= 0.6 is 0 Å². The van der Waals surface area contributed by atoms with Crippen LogP contribution in [0.4, 0.5) is 0 Å². The van der Waals surface area contributed by atoms with Crippen molar-refractivity contribution >= 4 is 11.9 Å². The molecule has 0 aromatic heterocycles. The minimum Gasteiger partial charge on any atom is -0.454 e. The molecule has 2 aliphatic rings. The molecule has 2 aliphatic heterocycles. The third kappa shape index (κ3) is 13.1. The van der Waals surface area contributed by atoms with E-state index in [0.717, 1.165) is 22.3 Å². The second-order valence-corrected chi connectivity index (χ2v) is 14.5. The van der Waals surface area contributed by atoms with Gasteiger partial charge in [-0.1, -0.05) is 127 Å². The molecule has 0 bridgehead atoms. The number of ether oxygens (including phenoxy) is 10. The van der Waals surface area contributed by atoms with Crippen LogP contribution < -0.4 is 0 Å². The third-order valence-corrected chi connectivity index (χ3v) is 9.86. The number of esters is 2. The van der Waals surface area contributed by atoms with Gasteiger partial charge >= 0.3 is 11.9 Å². The zero-order chi connectivity index (χ0) is 42.1. The highest BCUT2D eigenvalue weighted by molar-refractivity contribution is 5.66. The molecule has 0 spiro atoms. The Morgan fingerprint density at radius 1 is 0.550 bits per heavy atom. The normalized spacial score (nSPS) is 26.5. The van der Waals surface area contributed by atoms with Gasteiger partial charge in [0.2, 0.25) is 0 Å². The summed E-state index contributed by atoms with van der Waals surface area (Å²) in [6.07, 6.45) is -10.0. The number of hydrogen-bond acceptors (Lipinski definition) is 13. The molecule has 0 unspecified atom stereocenters. The standard InChI is InChI=1S/C47H54O13/c1-4-25-53-42-40(54-28-36-21-13-7-14-22-36)39(31-52-27-35-19-11-6-12-20-35)59-47(45(42)57-33(3)49)60-43-41(55-29-37-23-15-8-16-24-37)38(58-46(50)44(43)56-32(2)48)30-51-26-34-17-9-5-10-18-34/h4-24,38-47,50H,1,25-31H2,2-3H3/t38-,39-,40-,41-,42+,43+,44-,45-,46-,47+/m1/s1. The van der Waals surface area contributed by atoms with Gasteiger partial charge in [-0.3, -0.25) is 9.59 Å². The van der Waals surface area contributed by atoms with Gasteiger partial charge in [0, 0.05) is 13.8 Å². The minimum atomic E-state index is -1.67. The Kier molecular flexibility index (Phi) is 17.4. The van der Waals surface area contributed by atoms with Crippen LogP contribution in [0.1, 0.15) is 36.1 Å². The van der Waals surface area contributed by atoms with E-state index in [1.807, 2.05) is 121 Å². The second-order valence-electron chi connectivity index (χ2n) is 14.5. The third-order valence-electron chi connectivity index (χ3n) is 9.86. The molecule has 13 heteroatoms. The van der Waals surface area contributed by atoms with Crippen LogP contribution in [0.3, 0.4) is 0 Å². The topological polar surface area (TPSA) is 147 Å². The fraction of sp³-hybridized carbons (Fsp3) is 0.404. The molecular weight excluding hydrogens is 773 g/mol. The number of hydrogen-bond donors (Lipinski definition) is 1. The SMILES string of the molecule is C=CCO[C@@H]1[C@@H](OC(C)=O)[C@H](O[C@@H]2[C@@H](OC(C)=O)[C@H](O)O[C@H](COCc3ccccc3)[C@H]2OCc2ccccc2)O[C@H](COCc2ccccc2)[C@H]1OCc1ccccc1. The zero-order valence-electron chi connectivity index (χ0n) is 33.9. The fourth-order valence-corrected chi connectivity index (χ4v) is 7.13. The number of carbonyl (C=O) groups excluding carboxylic acids is 2. The lowest BCUT2D eigenvalue weighted by atomic mass is 9.96. The summed E-state index contributed by atoms with van der Waals surface area (Å²) in [5, 5.41) is 11.5. The van der Waals surface area contributed by atoms with Crippen molar-refractivity contribution in [3.8, 4) is 0 Å². The Morgan fingerprint density at radius 2 is 0.967 bits per heavy atom.